The Bertz CT molecular complexity index is 383. The van der Waals surface area contributed by atoms with Crippen molar-refractivity contribution < 1.29 is 8.78 Å². The van der Waals surface area contributed by atoms with Crippen LogP contribution in [0.25, 0.3) is 0 Å². The molecule has 1 nitrogen and oxygen atoms in total. The first-order valence-electron chi connectivity index (χ1n) is 6.42. The Morgan fingerprint density at radius 1 is 1.44 bits per heavy atom. The van der Waals surface area contributed by atoms with Crippen molar-refractivity contribution in [1.82, 2.24) is 4.98 Å². The third kappa shape index (κ3) is 3.19. The molecule has 1 aliphatic carbocycles. The topological polar surface area (TPSA) is 12.9 Å². The number of halogens is 3. The predicted molar refractivity (Wildman–Crippen MR) is 69.2 cm³/mol. The number of hydrogen-bond acceptors (Lipinski definition) is 1. The van der Waals surface area contributed by atoms with Gasteiger partial charge in [-0.15, -0.1) is 11.6 Å². The number of rotatable bonds is 3. The zero-order valence-electron chi connectivity index (χ0n) is 10.5. The van der Waals surface area contributed by atoms with Gasteiger partial charge in [-0.1, -0.05) is 13.0 Å². The van der Waals surface area contributed by atoms with Crippen LogP contribution in [0.15, 0.2) is 24.4 Å². The third-order valence-corrected chi connectivity index (χ3v) is 4.49. The van der Waals surface area contributed by atoms with Crippen molar-refractivity contribution >= 4 is 11.6 Å². The summed E-state index contributed by atoms with van der Waals surface area (Å²) in [5, 5.41) is -0.272. The summed E-state index contributed by atoms with van der Waals surface area (Å²) < 4.78 is 26.8. The van der Waals surface area contributed by atoms with Crippen molar-refractivity contribution in [3.8, 4) is 0 Å². The molecule has 0 radical (unpaired) electrons. The molecule has 0 saturated heterocycles. The molecule has 100 valence electrons. The SMILES string of the molecule is CC(c1ccccn1)C(Cl)C1CCCC(F)(F)C1. The molecule has 0 spiro atoms. The highest BCUT2D eigenvalue weighted by molar-refractivity contribution is 6.21. The zero-order valence-corrected chi connectivity index (χ0v) is 11.2. The van der Waals surface area contributed by atoms with Crippen molar-refractivity contribution in [2.24, 2.45) is 5.92 Å². The summed E-state index contributed by atoms with van der Waals surface area (Å²) in [6.45, 7) is 1.97. The minimum absolute atomic E-state index is 0.00504. The second-order valence-electron chi connectivity index (χ2n) is 5.20. The normalized spacial score (nSPS) is 26.6. The Kier molecular flexibility index (Phi) is 4.21. The number of nitrogens with zero attached hydrogens (tertiary/aromatic N) is 1. The molecule has 2 rings (SSSR count). The van der Waals surface area contributed by atoms with Crippen molar-refractivity contribution in [2.45, 2.75) is 49.8 Å². The first-order valence-corrected chi connectivity index (χ1v) is 6.86. The van der Waals surface area contributed by atoms with Gasteiger partial charge in [0.25, 0.3) is 0 Å². The quantitative estimate of drug-likeness (QED) is 0.733. The van der Waals surface area contributed by atoms with E-state index in [2.05, 4.69) is 4.98 Å². The van der Waals surface area contributed by atoms with E-state index in [0.29, 0.717) is 6.42 Å². The van der Waals surface area contributed by atoms with Gasteiger partial charge < -0.3 is 0 Å². The molecule has 18 heavy (non-hydrogen) atoms. The Morgan fingerprint density at radius 3 is 2.83 bits per heavy atom. The van der Waals surface area contributed by atoms with Gasteiger partial charge >= 0.3 is 0 Å². The Labute approximate surface area is 112 Å². The molecule has 0 bridgehead atoms. The van der Waals surface area contributed by atoms with E-state index >= 15 is 0 Å². The Morgan fingerprint density at radius 2 is 2.22 bits per heavy atom. The van der Waals surface area contributed by atoms with E-state index < -0.39 is 5.92 Å². The van der Waals surface area contributed by atoms with Crippen LogP contribution in [0.4, 0.5) is 8.78 Å². The van der Waals surface area contributed by atoms with E-state index in [4.69, 9.17) is 11.6 Å². The highest BCUT2D eigenvalue weighted by Gasteiger charge is 2.40. The van der Waals surface area contributed by atoms with E-state index in [1.165, 1.54) is 0 Å². The van der Waals surface area contributed by atoms with Gasteiger partial charge in [-0.05, 0) is 30.9 Å². The van der Waals surface area contributed by atoms with Crippen LogP contribution in [0, 0.1) is 5.92 Å². The zero-order chi connectivity index (χ0) is 13.2. The second kappa shape index (κ2) is 5.52. The molecule has 0 aromatic carbocycles. The summed E-state index contributed by atoms with van der Waals surface area (Å²) in [5.74, 6) is -2.65. The van der Waals surface area contributed by atoms with Crippen LogP contribution in [-0.2, 0) is 0 Å². The molecule has 0 amide bonds. The molecule has 1 aliphatic rings. The van der Waals surface area contributed by atoms with Gasteiger partial charge in [-0.3, -0.25) is 4.98 Å². The van der Waals surface area contributed by atoms with E-state index in [0.717, 1.165) is 12.1 Å². The fourth-order valence-electron chi connectivity index (χ4n) is 2.70. The number of alkyl halides is 3. The summed E-state index contributed by atoms with van der Waals surface area (Å²) >= 11 is 6.40. The van der Waals surface area contributed by atoms with Crippen LogP contribution in [-0.4, -0.2) is 16.3 Å². The molecule has 3 unspecified atom stereocenters. The summed E-state index contributed by atoms with van der Waals surface area (Å²) in [6.07, 6.45) is 2.99. The Hall–Kier alpha value is -0.700. The van der Waals surface area contributed by atoms with E-state index in [9.17, 15) is 8.78 Å². The molecule has 1 aromatic rings. The van der Waals surface area contributed by atoms with Crippen molar-refractivity contribution in [2.75, 3.05) is 0 Å². The molecule has 1 saturated carbocycles. The summed E-state index contributed by atoms with van der Waals surface area (Å²) in [6, 6.07) is 5.65. The summed E-state index contributed by atoms with van der Waals surface area (Å²) in [7, 11) is 0. The molecular weight excluding hydrogens is 256 g/mol. The lowest BCUT2D eigenvalue weighted by atomic mass is 9.80. The van der Waals surface area contributed by atoms with Gasteiger partial charge in [-0.2, -0.15) is 0 Å². The van der Waals surface area contributed by atoms with Gasteiger partial charge in [-0.25, -0.2) is 8.78 Å². The number of pyridine rings is 1. The molecule has 1 aromatic heterocycles. The van der Waals surface area contributed by atoms with E-state index in [-0.39, 0.29) is 30.1 Å². The van der Waals surface area contributed by atoms with E-state index in [1.807, 2.05) is 25.1 Å². The van der Waals surface area contributed by atoms with Crippen LogP contribution >= 0.6 is 11.6 Å². The first kappa shape index (κ1) is 13.7. The van der Waals surface area contributed by atoms with Gasteiger partial charge in [0.15, 0.2) is 0 Å². The van der Waals surface area contributed by atoms with E-state index in [1.54, 1.807) is 6.20 Å². The maximum Gasteiger partial charge on any atom is 0.248 e. The smallest absolute Gasteiger partial charge is 0.248 e. The lowest BCUT2D eigenvalue weighted by Crippen LogP contribution is -2.33. The van der Waals surface area contributed by atoms with Gasteiger partial charge in [0.1, 0.15) is 0 Å². The molecule has 1 heterocycles. The van der Waals surface area contributed by atoms with Crippen LogP contribution in [0.1, 0.15) is 44.2 Å². The minimum Gasteiger partial charge on any atom is -0.261 e. The molecule has 0 N–H and O–H groups in total. The van der Waals surface area contributed by atoms with Crippen molar-refractivity contribution in [3.63, 3.8) is 0 Å². The standard InChI is InChI=1S/C14H18ClF2N/c1-10(12-6-2-3-8-18-12)13(15)11-5-4-7-14(16,17)9-11/h2-3,6,8,10-11,13H,4-5,7,9H2,1H3. The molecule has 0 aliphatic heterocycles. The maximum atomic E-state index is 13.4. The van der Waals surface area contributed by atoms with Crippen LogP contribution in [0.3, 0.4) is 0 Å². The van der Waals surface area contributed by atoms with Crippen LogP contribution in [0.5, 0.6) is 0 Å². The maximum absolute atomic E-state index is 13.4. The average Bonchev–Trinajstić information content (AvgIpc) is 2.37. The monoisotopic (exact) mass is 273 g/mol. The largest absolute Gasteiger partial charge is 0.261 e. The lowest BCUT2D eigenvalue weighted by Gasteiger charge is -2.34. The lowest BCUT2D eigenvalue weighted by molar-refractivity contribution is -0.0536. The highest BCUT2D eigenvalue weighted by atomic mass is 35.5. The fourth-order valence-corrected chi connectivity index (χ4v) is 3.04. The van der Waals surface area contributed by atoms with Crippen molar-refractivity contribution in [1.29, 1.82) is 0 Å². The summed E-state index contributed by atoms with van der Waals surface area (Å²) in [5.41, 5.74) is 0.881. The average molecular weight is 274 g/mol. The predicted octanol–water partition coefficient (Wildman–Crippen LogP) is 4.62. The second-order valence-corrected chi connectivity index (χ2v) is 5.70. The van der Waals surface area contributed by atoms with Gasteiger partial charge in [0.2, 0.25) is 5.92 Å². The molecule has 4 heteroatoms. The molecule has 3 atom stereocenters. The van der Waals surface area contributed by atoms with Gasteiger partial charge in [0, 0.05) is 36.0 Å². The Balaban J connectivity index is 2.05. The molecular formula is C14H18ClF2N. The van der Waals surface area contributed by atoms with Crippen molar-refractivity contribution in [3.05, 3.63) is 30.1 Å². The fraction of sp³-hybridized carbons (Fsp3) is 0.643. The third-order valence-electron chi connectivity index (χ3n) is 3.76. The van der Waals surface area contributed by atoms with Crippen LogP contribution in [0.2, 0.25) is 0 Å². The van der Waals surface area contributed by atoms with Gasteiger partial charge in [0.05, 0.1) is 0 Å². The number of aromatic nitrogens is 1. The minimum atomic E-state index is -2.54. The van der Waals surface area contributed by atoms with Crippen LogP contribution < -0.4 is 0 Å². The highest BCUT2D eigenvalue weighted by Crippen LogP contribution is 2.42. The summed E-state index contributed by atoms with van der Waals surface area (Å²) in [4.78, 5) is 4.26. The first-order chi connectivity index (χ1) is 8.49. The number of hydrogen-bond donors (Lipinski definition) is 0. The molecule has 1 fully saturated rings.